The zero-order valence-corrected chi connectivity index (χ0v) is 19.3. The topological polar surface area (TPSA) is 97.5 Å². The molecule has 5 rings (SSSR count). The number of amides is 1. The Balaban J connectivity index is 1.50. The average molecular weight is 474 g/mol. The first kappa shape index (κ1) is 21.3. The SMILES string of the molecule is CS(=O)(=O)c1cnc2ncnn2c1[C@@H]1CCCN(C(=O)C2(c3ccc(Cl)cc3)CCC2)C1. The molecule has 1 atom stereocenters. The number of sulfone groups is 1. The van der Waals surface area contributed by atoms with Crippen LogP contribution in [0.3, 0.4) is 0 Å². The monoisotopic (exact) mass is 473 g/mol. The second kappa shape index (κ2) is 7.81. The van der Waals surface area contributed by atoms with Gasteiger partial charge in [0.05, 0.1) is 17.3 Å². The molecule has 10 heteroatoms. The minimum absolute atomic E-state index is 0.112. The van der Waals surface area contributed by atoms with E-state index in [0.29, 0.717) is 29.6 Å². The standard InChI is InChI=1S/C22H24ClN5O3S/c1-32(30,31)18-12-24-21-25-14-26-28(21)19(18)15-4-2-11-27(13-15)20(29)22(9-3-10-22)16-5-7-17(23)8-6-16/h5-8,12,14-15H,2-4,9-11,13H2,1H3/t15-/m1/s1. The van der Waals surface area contributed by atoms with E-state index in [4.69, 9.17) is 11.6 Å². The van der Waals surface area contributed by atoms with Crippen molar-refractivity contribution in [3.8, 4) is 0 Å². The predicted molar refractivity (Wildman–Crippen MR) is 119 cm³/mol. The zero-order valence-electron chi connectivity index (χ0n) is 17.7. The Kier molecular flexibility index (Phi) is 5.21. The maximum atomic E-state index is 13.8. The van der Waals surface area contributed by atoms with Crippen LogP contribution in [-0.4, -0.2) is 58.2 Å². The lowest BCUT2D eigenvalue weighted by atomic mass is 9.63. The van der Waals surface area contributed by atoms with E-state index >= 15 is 0 Å². The Bertz CT molecular complexity index is 1280. The van der Waals surface area contributed by atoms with Crippen LogP contribution in [0.2, 0.25) is 5.02 Å². The third-order valence-corrected chi connectivity index (χ3v) is 8.18. The molecular weight excluding hydrogens is 450 g/mol. The van der Waals surface area contributed by atoms with Crippen LogP contribution in [0.25, 0.3) is 5.78 Å². The fourth-order valence-corrected chi connectivity index (χ4v) is 6.06. The number of halogens is 1. The first-order chi connectivity index (χ1) is 15.3. The molecule has 1 saturated heterocycles. The zero-order chi connectivity index (χ0) is 22.5. The van der Waals surface area contributed by atoms with Crippen LogP contribution in [0.4, 0.5) is 0 Å². The van der Waals surface area contributed by atoms with Gasteiger partial charge >= 0.3 is 0 Å². The largest absolute Gasteiger partial charge is 0.341 e. The third kappa shape index (κ3) is 3.47. The van der Waals surface area contributed by atoms with Crippen LogP contribution < -0.4 is 0 Å². The Morgan fingerprint density at radius 1 is 1.16 bits per heavy atom. The number of nitrogens with zero attached hydrogens (tertiary/aromatic N) is 5. The lowest BCUT2D eigenvalue weighted by molar-refractivity contribution is -0.142. The first-order valence-electron chi connectivity index (χ1n) is 10.7. The smallest absolute Gasteiger partial charge is 0.252 e. The van der Waals surface area contributed by atoms with Crippen molar-refractivity contribution < 1.29 is 13.2 Å². The van der Waals surface area contributed by atoms with Gasteiger partial charge in [0, 0.05) is 30.3 Å². The van der Waals surface area contributed by atoms with Crippen molar-refractivity contribution in [1.29, 1.82) is 0 Å². The molecule has 2 aromatic heterocycles. The summed E-state index contributed by atoms with van der Waals surface area (Å²) in [6.07, 6.45) is 8.08. The Morgan fingerprint density at radius 2 is 1.91 bits per heavy atom. The van der Waals surface area contributed by atoms with E-state index in [0.717, 1.165) is 37.7 Å². The number of carbonyl (C=O) groups excluding carboxylic acids is 1. The molecule has 0 spiro atoms. The number of rotatable bonds is 4. The third-order valence-electron chi connectivity index (χ3n) is 6.82. The molecular formula is C22H24ClN5O3S. The molecule has 3 aromatic rings. The van der Waals surface area contributed by atoms with Crippen molar-refractivity contribution in [2.75, 3.05) is 19.3 Å². The molecule has 0 bridgehead atoms. The van der Waals surface area contributed by atoms with Gasteiger partial charge in [-0.25, -0.2) is 13.4 Å². The molecule has 1 saturated carbocycles. The van der Waals surface area contributed by atoms with Gasteiger partial charge in [0.2, 0.25) is 5.91 Å². The van der Waals surface area contributed by atoms with Gasteiger partial charge in [0.15, 0.2) is 9.84 Å². The Labute approximate surface area is 191 Å². The molecule has 0 unspecified atom stereocenters. The summed E-state index contributed by atoms with van der Waals surface area (Å²) in [6.45, 7) is 1.10. The van der Waals surface area contributed by atoms with E-state index in [1.807, 2.05) is 29.2 Å². The molecule has 1 aliphatic carbocycles. The predicted octanol–water partition coefficient (Wildman–Crippen LogP) is 3.01. The lowest BCUT2D eigenvalue weighted by Gasteiger charge is -2.46. The van der Waals surface area contributed by atoms with Gasteiger partial charge < -0.3 is 4.90 Å². The molecule has 32 heavy (non-hydrogen) atoms. The summed E-state index contributed by atoms with van der Waals surface area (Å²) < 4.78 is 26.5. The average Bonchev–Trinajstić information content (AvgIpc) is 3.22. The van der Waals surface area contributed by atoms with E-state index in [1.54, 1.807) is 0 Å². The molecule has 2 aliphatic rings. The lowest BCUT2D eigenvalue weighted by Crippen LogP contribution is -2.53. The minimum atomic E-state index is -3.53. The van der Waals surface area contributed by atoms with Gasteiger partial charge in [0.25, 0.3) is 5.78 Å². The quantitative estimate of drug-likeness (QED) is 0.577. The fraction of sp³-hybridized carbons (Fsp3) is 0.455. The number of benzene rings is 1. The van der Waals surface area contributed by atoms with Gasteiger partial charge in [0.1, 0.15) is 11.2 Å². The molecule has 1 amide bonds. The minimum Gasteiger partial charge on any atom is -0.341 e. The molecule has 1 aromatic carbocycles. The molecule has 0 N–H and O–H groups in total. The number of aromatic nitrogens is 4. The highest BCUT2D eigenvalue weighted by Crippen LogP contribution is 2.46. The summed E-state index contributed by atoms with van der Waals surface area (Å²) in [4.78, 5) is 24.1. The van der Waals surface area contributed by atoms with Gasteiger partial charge in [-0.2, -0.15) is 14.6 Å². The van der Waals surface area contributed by atoms with Crippen LogP contribution in [0.1, 0.15) is 49.3 Å². The number of likely N-dealkylation sites (tertiary alicyclic amines) is 1. The summed E-state index contributed by atoms with van der Waals surface area (Å²) in [7, 11) is -3.53. The fourth-order valence-electron chi connectivity index (χ4n) is 5.05. The number of hydrogen-bond acceptors (Lipinski definition) is 6. The van der Waals surface area contributed by atoms with Crippen molar-refractivity contribution in [3.63, 3.8) is 0 Å². The van der Waals surface area contributed by atoms with E-state index < -0.39 is 15.3 Å². The second-order valence-electron chi connectivity index (χ2n) is 8.78. The van der Waals surface area contributed by atoms with E-state index in [2.05, 4.69) is 15.1 Å². The first-order valence-corrected chi connectivity index (χ1v) is 13.0. The van der Waals surface area contributed by atoms with Gasteiger partial charge in [-0.3, -0.25) is 4.79 Å². The summed E-state index contributed by atoms with van der Waals surface area (Å²) in [5.41, 5.74) is 1.04. The molecule has 2 fully saturated rings. The number of fused-ring (bicyclic) bond motifs is 1. The second-order valence-corrected chi connectivity index (χ2v) is 11.2. The van der Waals surface area contributed by atoms with E-state index in [1.165, 1.54) is 23.3 Å². The van der Waals surface area contributed by atoms with Crippen LogP contribution >= 0.6 is 11.6 Å². The molecule has 0 radical (unpaired) electrons. The number of carbonyl (C=O) groups is 1. The normalized spacial score (nSPS) is 20.8. The maximum absolute atomic E-state index is 13.8. The van der Waals surface area contributed by atoms with Gasteiger partial charge in [-0.1, -0.05) is 30.2 Å². The summed E-state index contributed by atoms with van der Waals surface area (Å²) in [5, 5.41) is 4.88. The summed E-state index contributed by atoms with van der Waals surface area (Å²) >= 11 is 6.07. The molecule has 168 valence electrons. The maximum Gasteiger partial charge on any atom is 0.252 e. The van der Waals surface area contributed by atoms with Crippen molar-refractivity contribution in [2.45, 2.75) is 48.3 Å². The molecule has 1 aliphatic heterocycles. The van der Waals surface area contributed by atoms with Crippen molar-refractivity contribution in [2.24, 2.45) is 0 Å². The highest BCUT2D eigenvalue weighted by atomic mass is 35.5. The van der Waals surface area contributed by atoms with Crippen molar-refractivity contribution >= 4 is 33.1 Å². The number of hydrogen-bond donors (Lipinski definition) is 0. The highest BCUT2D eigenvalue weighted by molar-refractivity contribution is 7.90. The van der Waals surface area contributed by atoms with Crippen molar-refractivity contribution in [3.05, 3.63) is 53.1 Å². The highest BCUT2D eigenvalue weighted by Gasteiger charge is 2.48. The van der Waals surface area contributed by atoms with Crippen molar-refractivity contribution in [1.82, 2.24) is 24.5 Å². The van der Waals surface area contributed by atoms with Crippen LogP contribution in [0.5, 0.6) is 0 Å². The van der Waals surface area contributed by atoms with Crippen LogP contribution in [-0.2, 0) is 20.0 Å². The van der Waals surface area contributed by atoms with Crippen LogP contribution in [0.15, 0.2) is 41.7 Å². The summed E-state index contributed by atoms with van der Waals surface area (Å²) in [5.74, 6) is 0.292. The van der Waals surface area contributed by atoms with Gasteiger partial charge in [-0.15, -0.1) is 0 Å². The van der Waals surface area contributed by atoms with E-state index in [9.17, 15) is 13.2 Å². The Morgan fingerprint density at radius 3 is 2.56 bits per heavy atom. The molecule has 3 heterocycles. The summed E-state index contributed by atoms with van der Waals surface area (Å²) in [6, 6.07) is 7.56. The van der Waals surface area contributed by atoms with E-state index in [-0.39, 0.29) is 16.7 Å². The van der Waals surface area contributed by atoms with Gasteiger partial charge in [-0.05, 0) is 43.4 Å². The Hall–Kier alpha value is -2.52. The number of piperidine rings is 1. The molecule has 8 nitrogen and oxygen atoms in total. The van der Waals surface area contributed by atoms with Crippen LogP contribution in [0, 0.1) is 0 Å².